The molecule has 0 aromatic heterocycles. The fraction of sp³-hybridized carbons (Fsp3) is 1.00. The summed E-state index contributed by atoms with van der Waals surface area (Å²) in [5, 5.41) is 3.54. The number of sulfone groups is 1. The van der Waals surface area contributed by atoms with E-state index in [1.165, 1.54) is 0 Å². The molecule has 5 heteroatoms. The molecule has 0 saturated carbocycles. The normalized spacial score (nSPS) is 22.8. The maximum absolute atomic E-state index is 11.4. The Bertz CT molecular complexity index is 309. The SMILES string of the molecule is CCC(CC)CNC1(CN)CCS(=O)(=O)CC1. The molecule has 1 saturated heterocycles. The van der Waals surface area contributed by atoms with Crippen LogP contribution < -0.4 is 11.1 Å². The molecule has 0 radical (unpaired) electrons. The van der Waals surface area contributed by atoms with Crippen LogP contribution in [0.2, 0.25) is 0 Å². The third kappa shape index (κ3) is 4.23. The highest BCUT2D eigenvalue weighted by atomic mass is 32.2. The topological polar surface area (TPSA) is 72.2 Å². The van der Waals surface area contributed by atoms with E-state index in [0.29, 0.717) is 25.3 Å². The highest BCUT2D eigenvalue weighted by Gasteiger charge is 2.35. The van der Waals surface area contributed by atoms with Gasteiger partial charge in [0, 0.05) is 12.1 Å². The van der Waals surface area contributed by atoms with Crippen molar-refractivity contribution >= 4 is 9.84 Å². The summed E-state index contributed by atoms with van der Waals surface area (Å²) in [5.41, 5.74) is 5.69. The van der Waals surface area contributed by atoms with Gasteiger partial charge < -0.3 is 11.1 Å². The molecule has 3 N–H and O–H groups in total. The smallest absolute Gasteiger partial charge is 0.150 e. The summed E-state index contributed by atoms with van der Waals surface area (Å²) in [4.78, 5) is 0. The summed E-state index contributed by atoms with van der Waals surface area (Å²) in [6.07, 6.45) is 3.63. The van der Waals surface area contributed by atoms with Gasteiger partial charge >= 0.3 is 0 Å². The van der Waals surface area contributed by atoms with Crippen molar-refractivity contribution in [2.45, 2.75) is 45.1 Å². The van der Waals surface area contributed by atoms with Crippen LogP contribution in [0.5, 0.6) is 0 Å². The second-order valence-corrected chi connectivity index (χ2v) is 7.50. The minimum Gasteiger partial charge on any atom is -0.329 e. The van der Waals surface area contributed by atoms with Crippen LogP contribution in [0.3, 0.4) is 0 Å². The van der Waals surface area contributed by atoms with Crippen LogP contribution >= 0.6 is 0 Å². The third-order valence-electron chi connectivity index (χ3n) is 4.09. The van der Waals surface area contributed by atoms with Gasteiger partial charge in [-0.25, -0.2) is 8.42 Å². The molecule has 1 aliphatic heterocycles. The number of rotatable bonds is 6. The van der Waals surface area contributed by atoms with E-state index in [2.05, 4.69) is 19.2 Å². The lowest BCUT2D eigenvalue weighted by molar-refractivity contribution is 0.275. The largest absolute Gasteiger partial charge is 0.329 e. The predicted octanol–water partition coefficient (Wildman–Crippen LogP) is 0.918. The predicted molar refractivity (Wildman–Crippen MR) is 71.7 cm³/mol. The van der Waals surface area contributed by atoms with Crippen molar-refractivity contribution in [3.8, 4) is 0 Å². The molecule has 0 aliphatic carbocycles. The quantitative estimate of drug-likeness (QED) is 0.746. The molecular weight excluding hydrogens is 236 g/mol. The Hall–Kier alpha value is -0.130. The van der Waals surface area contributed by atoms with E-state index in [1.807, 2.05) is 0 Å². The number of nitrogens with two attached hydrogens (primary N) is 1. The summed E-state index contributed by atoms with van der Waals surface area (Å²) < 4.78 is 22.9. The van der Waals surface area contributed by atoms with Crippen molar-refractivity contribution in [3.05, 3.63) is 0 Å². The van der Waals surface area contributed by atoms with Gasteiger partial charge in [0.1, 0.15) is 9.84 Å². The van der Waals surface area contributed by atoms with E-state index in [1.54, 1.807) is 0 Å². The molecule has 1 fully saturated rings. The molecule has 0 atom stereocenters. The first-order chi connectivity index (χ1) is 7.97. The second-order valence-electron chi connectivity index (χ2n) is 5.20. The van der Waals surface area contributed by atoms with Gasteiger partial charge in [-0.2, -0.15) is 0 Å². The third-order valence-corrected chi connectivity index (χ3v) is 5.75. The van der Waals surface area contributed by atoms with E-state index < -0.39 is 9.84 Å². The average molecular weight is 262 g/mol. The van der Waals surface area contributed by atoms with Crippen LogP contribution in [0.4, 0.5) is 0 Å². The zero-order valence-corrected chi connectivity index (χ0v) is 11.9. The van der Waals surface area contributed by atoms with Crippen molar-refractivity contribution in [1.82, 2.24) is 5.32 Å². The molecule has 0 aromatic rings. The minimum absolute atomic E-state index is 0.145. The lowest BCUT2D eigenvalue weighted by Crippen LogP contribution is -2.56. The van der Waals surface area contributed by atoms with E-state index in [0.717, 1.165) is 19.4 Å². The standard InChI is InChI=1S/C12H26N2O2S/c1-3-11(4-2)9-14-12(10-13)5-7-17(15,16)8-6-12/h11,14H,3-10,13H2,1-2H3. The van der Waals surface area contributed by atoms with Crippen LogP contribution in [-0.2, 0) is 9.84 Å². The first-order valence-corrected chi connectivity index (χ1v) is 8.44. The molecule has 1 rings (SSSR count). The Kier molecular flexibility index (Phi) is 5.41. The van der Waals surface area contributed by atoms with Crippen molar-refractivity contribution < 1.29 is 8.42 Å². The van der Waals surface area contributed by atoms with E-state index in [-0.39, 0.29) is 17.0 Å². The maximum Gasteiger partial charge on any atom is 0.150 e. The van der Waals surface area contributed by atoms with Crippen molar-refractivity contribution in [1.29, 1.82) is 0 Å². The van der Waals surface area contributed by atoms with E-state index >= 15 is 0 Å². The Balaban J connectivity index is 2.53. The fourth-order valence-electron chi connectivity index (χ4n) is 2.32. The van der Waals surface area contributed by atoms with Crippen molar-refractivity contribution in [3.63, 3.8) is 0 Å². The van der Waals surface area contributed by atoms with Gasteiger partial charge in [0.25, 0.3) is 0 Å². The van der Waals surface area contributed by atoms with Crippen LogP contribution in [0.15, 0.2) is 0 Å². The molecule has 17 heavy (non-hydrogen) atoms. The fourth-order valence-corrected chi connectivity index (χ4v) is 3.93. The summed E-state index contributed by atoms with van der Waals surface area (Å²) in [5.74, 6) is 1.22. The number of nitrogens with one attached hydrogen (secondary N) is 1. The van der Waals surface area contributed by atoms with Crippen LogP contribution in [0.25, 0.3) is 0 Å². The molecule has 0 unspecified atom stereocenters. The zero-order valence-electron chi connectivity index (χ0n) is 11.0. The second kappa shape index (κ2) is 6.16. The summed E-state index contributed by atoms with van der Waals surface area (Å²) >= 11 is 0. The summed E-state index contributed by atoms with van der Waals surface area (Å²) in [6, 6.07) is 0. The molecular formula is C12H26N2O2S. The highest BCUT2D eigenvalue weighted by molar-refractivity contribution is 7.91. The molecule has 1 aliphatic rings. The van der Waals surface area contributed by atoms with E-state index in [4.69, 9.17) is 5.73 Å². The van der Waals surface area contributed by atoms with Gasteiger partial charge in [-0.3, -0.25) is 0 Å². The monoisotopic (exact) mass is 262 g/mol. The van der Waals surface area contributed by atoms with Gasteiger partial charge in [-0.15, -0.1) is 0 Å². The van der Waals surface area contributed by atoms with Gasteiger partial charge in [-0.1, -0.05) is 26.7 Å². The maximum atomic E-state index is 11.4. The van der Waals surface area contributed by atoms with E-state index in [9.17, 15) is 8.42 Å². The summed E-state index contributed by atoms with van der Waals surface area (Å²) in [7, 11) is -2.81. The molecule has 102 valence electrons. The first-order valence-electron chi connectivity index (χ1n) is 6.62. The average Bonchev–Trinajstić information content (AvgIpc) is 2.33. The lowest BCUT2D eigenvalue weighted by Gasteiger charge is -2.38. The molecule has 4 nitrogen and oxygen atoms in total. The highest BCUT2D eigenvalue weighted by Crippen LogP contribution is 2.23. The zero-order chi connectivity index (χ0) is 12.9. The van der Waals surface area contributed by atoms with Gasteiger partial charge in [-0.05, 0) is 25.3 Å². The van der Waals surface area contributed by atoms with Gasteiger partial charge in [0.2, 0.25) is 0 Å². The molecule has 0 aromatic carbocycles. The number of hydrogen-bond acceptors (Lipinski definition) is 4. The summed E-state index contributed by atoms with van der Waals surface area (Å²) in [6.45, 7) is 5.86. The van der Waals surface area contributed by atoms with Gasteiger partial charge in [0.05, 0.1) is 11.5 Å². The molecule has 0 amide bonds. The van der Waals surface area contributed by atoms with Crippen LogP contribution in [0.1, 0.15) is 39.5 Å². The Morgan fingerprint density at radius 2 is 1.76 bits per heavy atom. The van der Waals surface area contributed by atoms with Crippen LogP contribution in [-0.4, -0.2) is 38.6 Å². The Morgan fingerprint density at radius 1 is 1.24 bits per heavy atom. The Morgan fingerprint density at radius 3 is 2.18 bits per heavy atom. The van der Waals surface area contributed by atoms with Crippen molar-refractivity contribution in [2.75, 3.05) is 24.6 Å². The molecule has 1 heterocycles. The van der Waals surface area contributed by atoms with Gasteiger partial charge in [0.15, 0.2) is 0 Å². The van der Waals surface area contributed by atoms with Crippen LogP contribution in [0, 0.1) is 5.92 Å². The first kappa shape index (κ1) is 14.9. The molecule has 0 bridgehead atoms. The molecule has 0 spiro atoms. The lowest BCUT2D eigenvalue weighted by atomic mass is 9.91. The van der Waals surface area contributed by atoms with Crippen molar-refractivity contribution in [2.24, 2.45) is 11.7 Å². The Labute approximate surface area is 105 Å². The minimum atomic E-state index is -2.81. The number of hydrogen-bond donors (Lipinski definition) is 2.